The van der Waals surface area contributed by atoms with Crippen molar-refractivity contribution in [1.82, 2.24) is 0 Å². The molecule has 0 spiro atoms. The van der Waals surface area contributed by atoms with Gasteiger partial charge in [0.05, 0.1) is 11.5 Å². The highest BCUT2D eigenvalue weighted by Crippen LogP contribution is 2.21. The van der Waals surface area contributed by atoms with E-state index < -0.39 is 0 Å². The molecule has 1 fully saturated rings. The Hall–Kier alpha value is 0.270. The van der Waals surface area contributed by atoms with Crippen molar-refractivity contribution in [3.05, 3.63) is 0 Å². The monoisotopic (exact) mass is 119 g/mol. The molecule has 0 bridgehead atoms. The number of rotatable bonds is 0. The third-order valence-electron chi connectivity index (χ3n) is 1.10. The lowest BCUT2D eigenvalue weighted by Gasteiger charge is -2.03. The Balaban J connectivity index is 2.33. The molecule has 0 amide bonds. The summed E-state index contributed by atoms with van der Waals surface area (Å²) in [4.78, 5) is 0. The van der Waals surface area contributed by atoms with E-state index in [1.165, 1.54) is 0 Å². The van der Waals surface area contributed by atoms with Gasteiger partial charge in [-0.1, -0.05) is 0 Å². The third-order valence-corrected chi connectivity index (χ3v) is 2.27. The molecule has 7 heavy (non-hydrogen) atoms. The molecule has 0 aromatic rings. The van der Waals surface area contributed by atoms with Crippen molar-refractivity contribution in [2.24, 2.45) is 5.73 Å². The molecule has 2 nitrogen and oxygen atoms in total. The normalized spacial score (nSPS) is 42.0. The fourth-order valence-corrected chi connectivity index (χ4v) is 1.61. The van der Waals surface area contributed by atoms with Gasteiger partial charge in [0.25, 0.3) is 0 Å². The Bertz CT molecular complexity index is 60.7. The summed E-state index contributed by atoms with van der Waals surface area (Å²) in [6.07, 6.45) is 0.622. The lowest BCUT2D eigenvalue weighted by Crippen LogP contribution is -2.25. The SMILES string of the molecule is NC1SCCC1O. The number of nitrogens with two attached hydrogens (primary N) is 1. The van der Waals surface area contributed by atoms with Crippen LogP contribution in [0, 0.1) is 0 Å². The van der Waals surface area contributed by atoms with E-state index in [0.29, 0.717) is 0 Å². The highest BCUT2D eigenvalue weighted by molar-refractivity contribution is 8.00. The molecular weight excluding hydrogens is 110 g/mol. The van der Waals surface area contributed by atoms with Gasteiger partial charge >= 0.3 is 0 Å². The Morgan fingerprint density at radius 1 is 1.71 bits per heavy atom. The van der Waals surface area contributed by atoms with Crippen LogP contribution in [-0.2, 0) is 0 Å². The summed E-state index contributed by atoms with van der Waals surface area (Å²) >= 11 is 1.63. The second-order valence-corrected chi connectivity index (χ2v) is 2.98. The lowest BCUT2D eigenvalue weighted by molar-refractivity contribution is 0.177. The molecule has 0 aromatic heterocycles. The van der Waals surface area contributed by atoms with E-state index in [2.05, 4.69) is 0 Å². The van der Waals surface area contributed by atoms with Crippen LogP contribution in [0.4, 0.5) is 0 Å². The van der Waals surface area contributed by atoms with Crippen LogP contribution in [-0.4, -0.2) is 22.3 Å². The Morgan fingerprint density at radius 3 is 2.57 bits per heavy atom. The first-order chi connectivity index (χ1) is 3.30. The number of aliphatic hydroxyl groups is 1. The quantitative estimate of drug-likeness (QED) is 0.463. The maximum absolute atomic E-state index is 8.85. The molecule has 0 radical (unpaired) electrons. The van der Waals surface area contributed by atoms with Crippen LogP contribution >= 0.6 is 11.8 Å². The third kappa shape index (κ3) is 1.08. The first-order valence-electron chi connectivity index (χ1n) is 2.36. The minimum Gasteiger partial charge on any atom is -0.391 e. The molecule has 0 saturated carbocycles. The van der Waals surface area contributed by atoms with Crippen molar-refractivity contribution < 1.29 is 5.11 Å². The predicted molar refractivity (Wildman–Crippen MR) is 31.1 cm³/mol. The minimum atomic E-state index is -0.245. The molecule has 1 rings (SSSR count). The van der Waals surface area contributed by atoms with E-state index in [1.54, 1.807) is 11.8 Å². The van der Waals surface area contributed by atoms with Gasteiger partial charge in [0, 0.05) is 0 Å². The van der Waals surface area contributed by atoms with Gasteiger partial charge in [0.15, 0.2) is 0 Å². The average molecular weight is 119 g/mol. The maximum Gasteiger partial charge on any atom is 0.0792 e. The van der Waals surface area contributed by atoms with Crippen molar-refractivity contribution in [2.75, 3.05) is 5.75 Å². The Labute approximate surface area is 47.1 Å². The summed E-state index contributed by atoms with van der Waals surface area (Å²) in [7, 11) is 0. The molecule has 2 atom stereocenters. The molecule has 1 aliphatic heterocycles. The first-order valence-corrected chi connectivity index (χ1v) is 3.41. The van der Waals surface area contributed by atoms with E-state index in [0.717, 1.165) is 12.2 Å². The van der Waals surface area contributed by atoms with Crippen molar-refractivity contribution in [3.63, 3.8) is 0 Å². The maximum atomic E-state index is 8.85. The summed E-state index contributed by atoms with van der Waals surface area (Å²) in [5.41, 5.74) is 5.39. The van der Waals surface area contributed by atoms with Gasteiger partial charge in [0.2, 0.25) is 0 Å². The summed E-state index contributed by atoms with van der Waals surface area (Å²) in [6.45, 7) is 0. The van der Waals surface area contributed by atoms with Crippen molar-refractivity contribution >= 4 is 11.8 Å². The lowest BCUT2D eigenvalue weighted by atomic mass is 10.3. The van der Waals surface area contributed by atoms with Crippen molar-refractivity contribution in [1.29, 1.82) is 0 Å². The van der Waals surface area contributed by atoms with Crippen LogP contribution in [0.15, 0.2) is 0 Å². The van der Waals surface area contributed by atoms with Gasteiger partial charge in [-0.05, 0) is 12.2 Å². The number of aliphatic hydroxyl groups excluding tert-OH is 1. The van der Waals surface area contributed by atoms with E-state index in [9.17, 15) is 0 Å². The molecule has 42 valence electrons. The van der Waals surface area contributed by atoms with Crippen molar-refractivity contribution in [2.45, 2.75) is 17.9 Å². The molecule has 1 saturated heterocycles. The fraction of sp³-hybridized carbons (Fsp3) is 1.00. The summed E-state index contributed by atoms with van der Waals surface area (Å²) in [5, 5.41) is 8.84. The van der Waals surface area contributed by atoms with E-state index in [1.807, 2.05) is 0 Å². The van der Waals surface area contributed by atoms with Crippen LogP contribution in [0.2, 0.25) is 0 Å². The van der Waals surface area contributed by atoms with Crippen LogP contribution in [0.1, 0.15) is 6.42 Å². The van der Waals surface area contributed by atoms with Crippen LogP contribution in [0.5, 0.6) is 0 Å². The zero-order chi connectivity index (χ0) is 5.28. The van der Waals surface area contributed by atoms with Crippen LogP contribution in [0.3, 0.4) is 0 Å². The van der Waals surface area contributed by atoms with E-state index >= 15 is 0 Å². The summed E-state index contributed by atoms with van der Waals surface area (Å²) in [6, 6.07) is 0. The molecule has 0 aliphatic carbocycles. The molecule has 0 aromatic carbocycles. The van der Waals surface area contributed by atoms with Gasteiger partial charge in [-0.25, -0.2) is 0 Å². The summed E-state index contributed by atoms with van der Waals surface area (Å²) < 4.78 is 0. The van der Waals surface area contributed by atoms with Gasteiger partial charge in [-0.2, -0.15) is 0 Å². The molecule has 3 heteroatoms. The highest BCUT2D eigenvalue weighted by Gasteiger charge is 2.20. The number of thioether (sulfide) groups is 1. The highest BCUT2D eigenvalue weighted by atomic mass is 32.2. The smallest absolute Gasteiger partial charge is 0.0792 e. The van der Waals surface area contributed by atoms with Crippen LogP contribution < -0.4 is 5.73 Å². The standard InChI is InChI=1S/C4H9NOS/c5-4-3(6)1-2-7-4/h3-4,6H,1-2,5H2. The van der Waals surface area contributed by atoms with Crippen molar-refractivity contribution in [3.8, 4) is 0 Å². The Morgan fingerprint density at radius 2 is 2.43 bits per heavy atom. The molecule has 1 heterocycles. The van der Waals surface area contributed by atoms with Crippen LogP contribution in [0.25, 0.3) is 0 Å². The van der Waals surface area contributed by atoms with Gasteiger partial charge in [0.1, 0.15) is 0 Å². The minimum absolute atomic E-state index is 0.0139. The van der Waals surface area contributed by atoms with Gasteiger partial charge in [-0.15, -0.1) is 11.8 Å². The molecule has 3 N–H and O–H groups in total. The molecular formula is C4H9NOS. The zero-order valence-electron chi connectivity index (χ0n) is 4.00. The number of hydrogen-bond acceptors (Lipinski definition) is 3. The topological polar surface area (TPSA) is 46.2 Å². The second kappa shape index (κ2) is 2.03. The largest absolute Gasteiger partial charge is 0.391 e. The Kier molecular flexibility index (Phi) is 1.57. The van der Waals surface area contributed by atoms with Gasteiger partial charge < -0.3 is 10.8 Å². The average Bonchev–Trinajstić information content (AvgIpc) is 1.91. The summed E-state index contributed by atoms with van der Waals surface area (Å²) in [5.74, 6) is 1.02. The molecule has 1 aliphatic rings. The first kappa shape index (κ1) is 5.41. The van der Waals surface area contributed by atoms with E-state index in [-0.39, 0.29) is 11.5 Å². The molecule has 2 unspecified atom stereocenters. The second-order valence-electron chi connectivity index (χ2n) is 1.69. The predicted octanol–water partition coefficient (Wildman–Crippen LogP) is -0.231. The van der Waals surface area contributed by atoms with Gasteiger partial charge in [-0.3, -0.25) is 0 Å². The van der Waals surface area contributed by atoms with E-state index in [4.69, 9.17) is 10.8 Å². The fourth-order valence-electron chi connectivity index (χ4n) is 0.600. The zero-order valence-corrected chi connectivity index (χ0v) is 4.82. The number of hydrogen-bond donors (Lipinski definition) is 2.